The number of aliphatic hydroxyl groups excluding tert-OH is 1. The number of fused-ring (bicyclic) bond motifs is 1. The van der Waals surface area contributed by atoms with Gasteiger partial charge in [-0.1, -0.05) is 0 Å². The lowest BCUT2D eigenvalue weighted by molar-refractivity contribution is -0.218. The monoisotopic (exact) mass is 176 g/mol. The second kappa shape index (κ2) is 2.91. The van der Waals surface area contributed by atoms with Gasteiger partial charge in [0.15, 0.2) is 0 Å². The molecule has 5 heteroatoms. The van der Waals surface area contributed by atoms with Gasteiger partial charge in [0.1, 0.15) is 6.23 Å². The molecule has 0 aliphatic carbocycles. The molecule has 0 aromatic rings. The van der Waals surface area contributed by atoms with E-state index in [4.69, 9.17) is 0 Å². The van der Waals surface area contributed by atoms with Crippen LogP contribution >= 0.6 is 11.8 Å². The first-order chi connectivity index (χ1) is 5.29. The molecule has 4 nitrogen and oxygen atoms in total. The Labute approximate surface area is 69.5 Å². The summed E-state index contributed by atoms with van der Waals surface area (Å²) in [5, 5.41) is 23.2. The highest BCUT2D eigenvalue weighted by Gasteiger charge is 2.39. The minimum absolute atomic E-state index is 0.0382. The Morgan fingerprint density at radius 3 is 3.18 bits per heavy atom. The van der Waals surface area contributed by atoms with Gasteiger partial charge in [0, 0.05) is 11.0 Å². The number of aliphatic hydroxyl groups is 1. The molecule has 0 saturated carbocycles. The highest BCUT2D eigenvalue weighted by Crippen LogP contribution is 2.30. The number of hydroxylamine groups is 2. The first-order valence-electron chi connectivity index (χ1n) is 3.79. The molecular weight excluding hydrogens is 164 g/mol. The topological polar surface area (TPSA) is 55.7 Å². The normalized spacial score (nSPS) is 45.8. The van der Waals surface area contributed by atoms with E-state index in [1.165, 1.54) is 0 Å². The van der Waals surface area contributed by atoms with Crippen LogP contribution in [0.15, 0.2) is 0 Å². The predicted molar refractivity (Wildman–Crippen MR) is 42.3 cm³/mol. The number of rotatable bonds is 0. The van der Waals surface area contributed by atoms with Crippen LogP contribution in [0.2, 0.25) is 0 Å². The van der Waals surface area contributed by atoms with Crippen LogP contribution in [0.5, 0.6) is 0 Å². The largest absolute Gasteiger partial charge is 0.375 e. The van der Waals surface area contributed by atoms with Crippen molar-refractivity contribution < 1.29 is 10.3 Å². The molecule has 2 saturated heterocycles. The summed E-state index contributed by atoms with van der Waals surface area (Å²) < 4.78 is 0. The van der Waals surface area contributed by atoms with Crippen LogP contribution in [-0.4, -0.2) is 45.3 Å². The number of hydrogen-bond donors (Lipinski definition) is 3. The van der Waals surface area contributed by atoms with E-state index in [-0.39, 0.29) is 6.17 Å². The van der Waals surface area contributed by atoms with Gasteiger partial charge < -0.3 is 10.3 Å². The maximum absolute atomic E-state index is 9.36. The Kier molecular flexibility index (Phi) is 2.07. The van der Waals surface area contributed by atoms with E-state index < -0.39 is 6.23 Å². The van der Waals surface area contributed by atoms with Crippen molar-refractivity contribution in [2.75, 3.05) is 12.3 Å². The quantitative estimate of drug-likeness (QED) is 0.461. The highest BCUT2D eigenvalue weighted by atomic mass is 32.2. The van der Waals surface area contributed by atoms with Crippen molar-refractivity contribution in [2.45, 2.75) is 24.1 Å². The number of nitrogens with zero attached hydrogens (tertiary/aromatic N) is 1. The van der Waals surface area contributed by atoms with E-state index in [9.17, 15) is 10.3 Å². The summed E-state index contributed by atoms with van der Waals surface area (Å²) in [6.07, 6.45) is 0.342. The lowest BCUT2D eigenvalue weighted by atomic mass is 10.3. The minimum atomic E-state index is -0.702. The average Bonchev–Trinajstić information content (AvgIpc) is 2.45. The molecule has 3 N–H and O–H groups in total. The third kappa shape index (κ3) is 1.27. The molecule has 2 heterocycles. The fraction of sp³-hybridized carbons (Fsp3) is 1.00. The van der Waals surface area contributed by atoms with E-state index in [0.717, 1.165) is 18.0 Å². The fourth-order valence-electron chi connectivity index (χ4n) is 1.57. The number of nitrogens with one attached hydrogen (secondary N) is 1. The van der Waals surface area contributed by atoms with Crippen molar-refractivity contribution in [3.63, 3.8) is 0 Å². The maximum atomic E-state index is 9.36. The lowest BCUT2D eigenvalue weighted by Gasteiger charge is -2.35. The van der Waals surface area contributed by atoms with Crippen molar-refractivity contribution in [1.29, 1.82) is 0 Å². The van der Waals surface area contributed by atoms with E-state index in [1.54, 1.807) is 11.8 Å². The van der Waals surface area contributed by atoms with Crippen LogP contribution in [0.25, 0.3) is 0 Å². The summed E-state index contributed by atoms with van der Waals surface area (Å²) in [4.78, 5) is 0. The smallest absolute Gasteiger partial charge is 0.140 e. The molecule has 2 unspecified atom stereocenters. The zero-order valence-electron chi connectivity index (χ0n) is 6.10. The van der Waals surface area contributed by atoms with Crippen molar-refractivity contribution in [2.24, 2.45) is 0 Å². The van der Waals surface area contributed by atoms with Gasteiger partial charge in [-0.3, -0.25) is 5.32 Å². The molecule has 0 spiro atoms. The summed E-state index contributed by atoms with van der Waals surface area (Å²) in [7, 11) is 0. The second-order valence-electron chi connectivity index (χ2n) is 2.92. The summed E-state index contributed by atoms with van der Waals surface area (Å²) >= 11 is 1.73. The second-order valence-corrected chi connectivity index (χ2v) is 4.19. The Balaban J connectivity index is 2.06. The number of hydrogen-bond acceptors (Lipinski definition) is 5. The predicted octanol–water partition coefficient (Wildman–Crippen LogP) is -0.569. The molecule has 0 aromatic carbocycles. The molecule has 0 amide bonds. The van der Waals surface area contributed by atoms with Crippen LogP contribution < -0.4 is 5.32 Å². The molecule has 2 rings (SSSR count). The number of thioether (sulfide) groups is 1. The zero-order chi connectivity index (χ0) is 7.84. The van der Waals surface area contributed by atoms with Crippen LogP contribution in [0.1, 0.15) is 6.42 Å². The van der Waals surface area contributed by atoms with Crippen LogP contribution in [0, 0.1) is 0 Å². The van der Waals surface area contributed by atoms with Gasteiger partial charge in [-0.2, -0.15) is 11.8 Å². The first kappa shape index (κ1) is 7.82. The maximum Gasteiger partial charge on any atom is 0.140 e. The van der Waals surface area contributed by atoms with Crippen molar-refractivity contribution in [3.8, 4) is 0 Å². The van der Waals surface area contributed by atoms with Gasteiger partial charge in [-0.25, -0.2) is 0 Å². The average molecular weight is 176 g/mol. The molecule has 64 valence electrons. The summed E-state index contributed by atoms with van der Waals surface area (Å²) in [6, 6.07) is 0. The summed E-state index contributed by atoms with van der Waals surface area (Å²) in [5.74, 6) is 0.610. The Morgan fingerprint density at radius 1 is 1.55 bits per heavy atom. The van der Waals surface area contributed by atoms with Gasteiger partial charge in [-0.05, 0) is 13.0 Å². The van der Waals surface area contributed by atoms with Gasteiger partial charge in [0.05, 0.1) is 6.17 Å². The molecule has 0 bridgehead atoms. The van der Waals surface area contributed by atoms with Gasteiger partial charge >= 0.3 is 0 Å². The van der Waals surface area contributed by atoms with Crippen molar-refractivity contribution in [3.05, 3.63) is 0 Å². The Bertz CT molecular complexity index is 158. The Morgan fingerprint density at radius 2 is 2.36 bits per heavy atom. The fourth-order valence-corrected chi connectivity index (χ4v) is 2.83. The van der Waals surface area contributed by atoms with Gasteiger partial charge in [0.2, 0.25) is 0 Å². The van der Waals surface area contributed by atoms with Gasteiger partial charge in [-0.15, -0.1) is 5.06 Å². The van der Waals surface area contributed by atoms with Crippen LogP contribution in [0.3, 0.4) is 0 Å². The zero-order valence-corrected chi connectivity index (χ0v) is 6.92. The van der Waals surface area contributed by atoms with Crippen LogP contribution in [0.4, 0.5) is 0 Å². The van der Waals surface area contributed by atoms with E-state index in [1.807, 2.05) is 0 Å². The third-order valence-corrected chi connectivity index (χ3v) is 3.60. The Hall–Kier alpha value is 0.190. The molecular formula is C6H12N2O2S. The van der Waals surface area contributed by atoms with Crippen molar-refractivity contribution in [1.82, 2.24) is 10.4 Å². The molecule has 3 atom stereocenters. The SMILES string of the molecule is O[C@H]1CSC2CCNC2N1O. The standard InChI is InChI=1S/C6H12N2O2S/c9-5-3-11-4-1-2-7-6(4)8(5)10/h4-7,9-10H,1-3H2/t4?,5-,6?/m0/s1. The van der Waals surface area contributed by atoms with E-state index in [0.29, 0.717) is 11.0 Å². The molecule has 0 radical (unpaired) electrons. The van der Waals surface area contributed by atoms with Crippen molar-refractivity contribution >= 4 is 11.8 Å². The third-order valence-electron chi connectivity index (χ3n) is 2.18. The van der Waals surface area contributed by atoms with Gasteiger partial charge in [0.25, 0.3) is 0 Å². The van der Waals surface area contributed by atoms with Crippen LogP contribution in [-0.2, 0) is 0 Å². The molecule has 2 aliphatic heterocycles. The first-order valence-corrected chi connectivity index (χ1v) is 4.84. The molecule has 2 aliphatic rings. The molecule has 2 fully saturated rings. The van der Waals surface area contributed by atoms with E-state index >= 15 is 0 Å². The molecule has 11 heavy (non-hydrogen) atoms. The molecule has 0 aromatic heterocycles. The summed E-state index contributed by atoms with van der Waals surface area (Å²) in [5.41, 5.74) is 0. The van der Waals surface area contributed by atoms with E-state index in [2.05, 4.69) is 5.32 Å². The highest BCUT2D eigenvalue weighted by molar-refractivity contribution is 8.00. The lowest BCUT2D eigenvalue weighted by Crippen LogP contribution is -2.54. The minimum Gasteiger partial charge on any atom is -0.375 e. The summed E-state index contributed by atoms with van der Waals surface area (Å²) in [6.45, 7) is 0.937.